The van der Waals surface area contributed by atoms with Gasteiger partial charge in [-0.05, 0) is 12.1 Å². The molecule has 0 bridgehead atoms. The molecule has 1 rings (SSSR count). The SMILES string of the molecule is CC(=O)NCCC#Cc1c(Cl)cccc1Cl. The first-order chi connectivity index (χ1) is 7.61. The summed E-state index contributed by atoms with van der Waals surface area (Å²) < 4.78 is 0. The van der Waals surface area contributed by atoms with Gasteiger partial charge in [-0.15, -0.1) is 0 Å². The van der Waals surface area contributed by atoms with Gasteiger partial charge in [0, 0.05) is 19.9 Å². The summed E-state index contributed by atoms with van der Waals surface area (Å²) in [6.45, 7) is 2.00. The maximum Gasteiger partial charge on any atom is 0.216 e. The van der Waals surface area contributed by atoms with Crippen LogP contribution in [0.15, 0.2) is 18.2 Å². The Hall–Kier alpha value is -1.17. The van der Waals surface area contributed by atoms with E-state index in [2.05, 4.69) is 17.2 Å². The van der Waals surface area contributed by atoms with Crippen LogP contribution in [0.3, 0.4) is 0 Å². The third kappa shape index (κ3) is 4.14. The van der Waals surface area contributed by atoms with Crippen LogP contribution in [0.5, 0.6) is 0 Å². The van der Waals surface area contributed by atoms with Crippen LogP contribution in [0.25, 0.3) is 0 Å². The monoisotopic (exact) mass is 255 g/mol. The highest BCUT2D eigenvalue weighted by Crippen LogP contribution is 2.22. The van der Waals surface area contributed by atoms with Crippen LogP contribution >= 0.6 is 23.2 Å². The molecule has 84 valence electrons. The quantitative estimate of drug-likeness (QED) is 0.639. The number of halogens is 2. The van der Waals surface area contributed by atoms with Gasteiger partial charge < -0.3 is 5.32 Å². The van der Waals surface area contributed by atoms with Gasteiger partial charge in [-0.3, -0.25) is 4.79 Å². The van der Waals surface area contributed by atoms with Gasteiger partial charge in [-0.25, -0.2) is 0 Å². The third-order valence-electron chi connectivity index (χ3n) is 1.80. The van der Waals surface area contributed by atoms with Crippen molar-refractivity contribution in [1.29, 1.82) is 0 Å². The van der Waals surface area contributed by atoms with Crippen molar-refractivity contribution in [2.75, 3.05) is 6.54 Å². The number of rotatable bonds is 2. The number of carbonyl (C=O) groups is 1. The lowest BCUT2D eigenvalue weighted by Gasteiger charge is -1.98. The molecule has 0 saturated carbocycles. The molecule has 1 amide bonds. The highest BCUT2D eigenvalue weighted by Gasteiger charge is 2.00. The molecule has 0 spiro atoms. The van der Waals surface area contributed by atoms with Gasteiger partial charge in [0.05, 0.1) is 15.6 Å². The van der Waals surface area contributed by atoms with Crippen molar-refractivity contribution >= 4 is 29.1 Å². The second-order valence-corrected chi connectivity index (χ2v) is 3.95. The highest BCUT2D eigenvalue weighted by atomic mass is 35.5. The lowest BCUT2D eigenvalue weighted by Crippen LogP contribution is -2.20. The molecule has 4 heteroatoms. The van der Waals surface area contributed by atoms with Crippen LogP contribution in [-0.4, -0.2) is 12.5 Å². The number of benzene rings is 1. The first-order valence-electron chi connectivity index (χ1n) is 4.78. The van der Waals surface area contributed by atoms with Crippen molar-refractivity contribution in [2.24, 2.45) is 0 Å². The van der Waals surface area contributed by atoms with Gasteiger partial charge in [-0.2, -0.15) is 0 Å². The molecular weight excluding hydrogens is 245 g/mol. The van der Waals surface area contributed by atoms with Crippen LogP contribution in [0, 0.1) is 11.8 Å². The minimum absolute atomic E-state index is 0.0578. The van der Waals surface area contributed by atoms with Crippen molar-refractivity contribution in [2.45, 2.75) is 13.3 Å². The minimum Gasteiger partial charge on any atom is -0.355 e. The Morgan fingerprint density at radius 3 is 2.56 bits per heavy atom. The lowest BCUT2D eigenvalue weighted by atomic mass is 10.2. The maximum absolute atomic E-state index is 10.6. The second kappa shape index (κ2) is 6.42. The molecule has 0 fully saturated rings. The summed E-state index contributed by atoms with van der Waals surface area (Å²) in [5, 5.41) is 3.74. The summed E-state index contributed by atoms with van der Waals surface area (Å²) in [7, 11) is 0. The Labute approximate surface area is 105 Å². The average Bonchev–Trinajstić information content (AvgIpc) is 2.21. The van der Waals surface area contributed by atoms with Crippen molar-refractivity contribution in [3.05, 3.63) is 33.8 Å². The average molecular weight is 256 g/mol. The van der Waals surface area contributed by atoms with Crippen molar-refractivity contribution in [1.82, 2.24) is 5.32 Å². The zero-order valence-electron chi connectivity index (χ0n) is 8.81. The number of carbonyl (C=O) groups excluding carboxylic acids is 1. The number of amides is 1. The second-order valence-electron chi connectivity index (χ2n) is 3.13. The fourth-order valence-corrected chi connectivity index (χ4v) is 1.56. The minimum atomic E-state index is -0.0578. The fourth-order valence-electron chi connectivity index (χ4n) is 1.07. The highest BCUT2D eigenvalue weighted by molar-refractivity contribution is 6.36. The molecule has 0 heterocycles. The molecule has 1 N–H and O–H groups in total. The molecule has 16 heavy (non-hydrogen) atoms. The Morgan fingerprint density at radius 1 is 1.38 bits per heavy atom. The number of hydrogen-bond donors (Lipinski definition) is 1. The first kappa shape index (κ1) is 12.9. The molecule has 0 saturated heterocycles. The molecular formula is C12H11Cl2NO. The van der Waals surface area contributed by atoms with E-state index in [1.165, 1.54) is 6.92 Å². The van der Waals surface area contributed by atoms with E-state index in [4.69, 9.17) is 23.2 Å². The van der Waals surface area contributed by atoms with E-state index in [-0.39, 0.29) is 5.91 Å². The van der Waals surface area contributed by atoms with Crippen LogP contribution in [0.4, 0.5) is 0 Å². The molecule has 0 unspecified atom stereocenters. The Balaban J connectivity index is 2.60. The lowest BCUT2D eigenvalue weighted by molar-refractivity contribution is -0.118. The molecule has 1 aromatic rings. The molecule has 0 radical (unpaired) electrons. The molecule has 0 aliphatic rings. The molecule has 0 atom stereocenters. The van der Waals surface area contributed by atoms with Crippen molar-refractivity contribution in [3.63, 3.8) is 0 Å². The largest absolute Gasteiger partial charge is 0.355 e. The predicted molar refractivity (Wildman–Crippen MR) is 66.6 cm³/mol. The summed E-state index contributed by atoms with van der Waals surface area (Å²) >= 11 is 11.9. The Morgan fingerprint density at radius 2 is 2.00 bits per heavy atom. The smallest absolute Gasteiger partial charge is 0.216 e. The van der Waals surface area contributed by atoms with E-state index in [1.54, 1.807) is 18.2 Å². The topological polar surface area (TPSA) is 29.1 Å². The van der Waals surface area contributed by atoms with Gasteiger partial charge in [0.25, 0.3) is 0 Å². The molecule has 0 aliphatic carbocycles. The van der Waals surface area contributed by atoms with E-state index in [9.17, 15) is 4.79 Å². The van der Waals surface area contributed by atoms with E-state index < -0.39 is 0 Å². The van der Waals surface area contributed by atoms with E-state index >= 15 is 0 Å². The van der Waals surface area contributed by atoms with Crippen LogP contribution in [0.1, 0.15) is 18.9 Å². The molecule has 0 aliphatic heterocycles. The summed E-state index contributed by atoms with van der Waals surface area (Å²) in [5.41, 5.74) is 0.633. The van der Waals surface area contributed by atoms with Crippen molar-refractivity contribution < 1.29 is 4.79 Å². The third-order valence-corrected chi connectivity index (χ3v) is 2.43. The van der Waals surface area contributed by atoms with Gasteiger partial charge in [0.2, 0.25) is 5.91 Å². The zero-order chi connectivity index (χ0) is 12.0. The molecule has 2 nitrogen and oxygen atoms in total. The molecule has 0 aromatic heterocycles. The normalized spacial score (nSPS) is 9.19. The standard InChI is InChI=1S/C12H11Cl2NO/c1-9(16)15-8-3-2-5-10-11(13)6-4-7-12(10)14/h4,6-7H,3,8H2,1H3,(H,15,16). The van der Waals surface area contributed by atoms with E-state index in [1.807, 2.05) is 0 Å². The summed E-state index contributed by atoms with van der Waals surface area (Å²) in [5.74, 6) is 5.74. The Bertz CT molecular complexity index is 426. The van der Waals surface area contributed by atoms with Gasteiger partial charge in [0.15, 0.2) is 0 Å². The van der Waals surface area contributed by atoms with Crippen molar-refractivity contribution in [3.8, 4) is 11.8 Å². The number of hydrogen-bond acceptors (Lipinski definition) is 1. The summed E-state index contributed by atoms with van der Waals surface area (Å²) in [6, 6.07) is 5.25. The molecule has 1 aromatic carbocycles. The first-order valence-corrected chi connectivity index (χ1v) is 5.54. The van der Waals surface area contributed by atoms with Gasteiger partial charge in [0.1, 0.15) is 0 Å². The zero-order valence-corrected chi connectivity index (χ0v) is 10.3. The fraction of sp³-hybridized carbons (Fsp3) is 0.250. The van der Waals surface area contributed by atoms with Crippen LogP contribution in [-0.2, 0) is 4.79 Å². The Kier molecular flexibility index (Phi) is 5.18. The van der Waals surface area contributed by atoms with Crippen LogP contribution < -0.4 is 5.32 Å². The van der Waals surface area contributed by atoms with E-state index in [0.717, 1.165) is 0 Å². The van der Waals surface area contributed by atoms with E-state index in [0.29, 0.717) is 28.6 Å². The number of nitrogens with one attached hydrogen (secondary N) is 1. The predicted octanol–water partition coefficient (Wildman–Crippen LogP) is 2.87. The summed E-state index contributed by atoms with van der Waals surface area (Å²) in [6.07, 6.45) is 0.571. The maximum atomic E-state index is 10.6. The van der Waals surface area contributed by atoms with Gasteiger partial charge >= 0.3 is 0 Å². The van der Waals surface area contributed by atoms with Crippen LogP contribution in [0.2, 0.25) is 10.0 Å². The van der Waals surface area contributed by atoms with Gasteiger partial charge in [-0.1, -0.05) is 41.1 Å². The summed E-state index contributed by atoms with van der Waals surface area (Å²) in [4.78, 5) is 10.6.